The molecule has 4 nitrogen and oxygen atoms in total. The van der Waals surface area contributed by atoms with Gasteiger partial charge < -0.3 is 10.1 Å². The molecule has 1 aromatic rings. The zero-order valence-electron chi connectivity index (χ0n) is 8.06. The fraction of sp³-hybridized carbons (Fsp3) is 0.273. The molecule has 0 bridgehead atoms. The van der Waals surface area contributed by atoms with Crippen LogP contribution in [0.2, 0.25) is 0 Å². The summed E-state index contributed by atoms with van der Waals surface area (Å²) in [5, 5.41) is 11.4. The van der Waals surface area contributed by atoms with Crippen LogP contribution in [-0.2, 0) is 4.74 Å². The van der Waals surface area contributed by atoms with Crippen LogP contribution < -0.4 is 5.32 Å². The summed E-state index contributed by atoms with van der Waals surface area (Å²) in [7, 11) is 0. The number of alkyl carbamates (subject to hydrolysis) is 1. The number of benzene rings is 1. The molecule has 2 rings (SSSR count). The molecule has 4 heteroatoms. The highest BCUT2D eigenvalue weighted by atomic mass is 16.5. The van der Waals surface area contributed by atoms with Crippen molar-refractivity contribution in [2.75, 3.05) is 6.61 Å². The van der Waals surface area contributed by atoms with E-state index in [0.717, 1.165) is 12.0 Å². The molecule has 0 aliphatic carbocycles. The van der Waals surface area contributed by atoms with Gasteiger partial charge in [0.25, 0.3) is 0 Å². The van der Waals surface area contributed by atoms with Gasteiger partial charge in [-0.05, 0) is 17.7 Å². The van der Waals surface area contributed by atoms with Gasteiger partial charge in [0.15, 0.2) is 0 Å². The molecule has 0 aromatic heterocycles. The quantitative estimate of drug-likeness (QED) is 0.754. The highest BCUT2D eigenvalue weighted by molar-refractivity contribution is 5.68. The number of hydrogen-bond acceptors (Lipinski definition) is 3. The van der Waals surface area contributed by atoms with Gasteiger partial charge in [0.1, 0.15) is 0 Å². The van der Waals surface area contributed by atoms with E-state index in [9.17, 15) is 4.79 Å². The predicted molar refractivity (Wildman–Crippen MR) is 53.0 cm³/mol. The Hall–Kier alpha value is -2.02. The van der Waals surface area contributed by atoms with E-state index in [4.69, 9.17) is 10.00 Å². The lowest BCUT2D eigenvalue weighted by atomic mass is 10.0. The van der Waals surface area contributed by atoms with Gasteiger partial charge in [-0.15, -0.1) is 0 Å². The predicted octanol–water partition coefficient (Wildman–Crippen LogP) is 1.73. The van der Waals surface area contributed by atoms with Crippen LogP contribution in [0.3, 0.4) is 0 Å². The Balaban J connectivity index is 2.15. The van der Waals surface area contributed by atoms with Crippen LogP contribution in [0.4, 0.5) is 4.79 Å². The Morgan fingerprint density at radius 2 is 2.13 bits per heavy atom. The summed E-state index contributed by atoms with van der Waals surface area (Å²) in [6.45, 7) is 0.441. The summed E-state index contributed by atoms with van der Waals surface area (Å²) in [5.74, 6) is 0. The average Bonchev–Trinajstić information content (AvgIpc) is 2.29. The standard InChI is InChI=1S/C11H10N2O2/c12-7-8-1-3-9(4-2-8)10-5-6-15-11(14)13-10/h1-4,10H,5-6H2,(H,13,14)/t10-/m0/s1. The SMILES string of the molecule is N#Cc1ccc([C@@H]2CCOC(=O)N2)cc1. The van der Waals surface area contributed by atoms with Crippen LogP contribution in [0.5, 0.6) is 0 Å². The van der Waals surface area contributed by atoms with Crippen molar-refractivity contribution in [1.82, 2.24) is 5.32 Å². The smallest absolute Gasteiger partial charge is 0.407 e. The van der Waals surface area contributed by atoms with Crippen LogP contribution in [0.15, 0.2) is 24.3 Å². The van der Waals surface area contributed by atoms with Crippen molar-refractivity contribution in [3.63, 3.8) is 0 Å². The molecular formula is C11H10N2O2. The average molecular weight is 202 g/mol. The fourth-order valence-electron chi connectivity index (χ4n) is 1.57. The molecule has 76 valence electrons. The third-order valence-electron chi connectivity index (χ3n) is 2.37. The molecule has 1 atom stereocenters. The second-order valence-corrected chi connectivity index (χ2v) is 3.36. The van der Waals surface area contributed by atoms with Gasteiger partial charge in [0.05, 0.1) is 24.3 Å². The van der Waals surface area contributed by atoms with E-state index in [1.807, 2.05) is 12.1 Å². The molecule has 1 amide bonds. The molecule has 1 N–H and O–H groups in total. The van der Waals surface area contributed by atoms with Gasteiger partial charge in [-0.25, -0.2) is 4.79 Å². The summed E-state index contributed by atoms with van der Waals surface area (Å²) < 4.78 is 4.77. The topological polar surface area (TPSA) is 62.1 Å². The number of amides is 1. The van der Waals surface area contributed by atoms with E-state index in [0.29, 0.717) is 12.2 Å². The molecule has 0 unspecified atom stereocenters. The summed E-state index contributed by atoms with van der Waals surface area (Å²) in [6.07, 6.45) is 0.382. The first-order chi connectivity index (χ1) is 7.29. The lowest BCUT2D eigenvalue weighted by Gasteiger charge is -2.23. The number of hydrogen-bond donors (Lipinski definition) is 1. The first kappa shape index (κ1) is 9.53. The Morgan fingerprint density at radius 3 is 2.73 bits per heavy atom. The molecule has 0 spiro atoms. The van der Waals surface area contributed by atoms with Crippen molar-refractivity contribution in [3.05, 3.63) is 35.4 Å². The maximum Gasteiger partial charge on any atom is 0.407 e. The molecule has 15 heavy (non-hydrogen) atoms. The minimum atomic E-state index is -0.379. The second kappa shape index (κ2) is 4.01. The second-order valence-electron chi connectivity index (χ2n) is 3.36. The third kappa shape index (κ3) is 2.08. The highest BCUT2D eigenvalue weighted by Crippen LogP contribution is 2.20. The normalized spacial score (nSPS) is 19.9. The molecule has 1 aliphatic heterocycles. The fourth-order valence-corrected chi connectivity index (χ4v) is 1.57. The van der Waals surface area contributed by atoms with Gasteiger partial charge in [0.2, 0.25) is 0 Å². The highest BCUT2D eigenvalue weighted by Gasteiger charge is 2.20. The van der Waals surface area contributed by atoms with Crippen LogP contribution in [0.1, 0.15) is 23.6 Å². The monoisotopic (exact) mass is 202 g/mol. The Kier molecular flexibility index (Phi) is 2.55. The van der Waals surface area contributed by atoms with Gasteiger partial charge in [0, 0.05) is 6.42 Å². The van der Waals surface area contributed by atoms with Crippen LogP contribution >= 0.6 is 0 Å². The number of rotatable bonds is 1. The lowest BCUT2D eigenvalue weighted by Crippen LogP contribution is -2.35. The van der Waals surface area contributed by atoms with Crippen molar-refractivity contribution in [2.45, 2.75) is 12.5 Å². The Morgan fingerprint density at radius 1 is 1.40 bits per heavy atom. The molecule has 1 aromatic carbocycles. The van der Waals surface area contributed by atoms with Crippen LogP contribution in [-0.4, -0.2) is 12.7 Å². The van der Waals surface area contributed by atoms with E-state index < -0.39 is 0 Å². The van der Waals surface area contributed by atoms with Crippen molar-refractivity contribution in [2.24, 2.45) is 0 Å². The van der Waals surface area contributed by atoms with E-state index in [1.165, 1.54) is 0 Å². The molecule has 1 aliphatic rings. The third-order valence-corrected chi connectivity index (χ3v) is 2.37. The van der Waals surface area contributed by atoms with Crippen molar-refractivity contribution < 1.29 is 9.53 Å². The van der Waals surface area contributed by atoms with Crippen molar-refractivity contribution in [3.8, 4) is 6.07 Å². The van der Waals surface area contributed by atoms with Gasteiger partial charge >= 0.3 is 6.09 Å². The van der Waals surface area contributed by atoms with Crippen molar-refractivity contribution >= 4 is 6.09 Å². The number of nitriles is 1. The number of carbonyl (C=O) groups excluding carboxylic acids is 1. The minimum absolute atomic E-state index is 0.000933. The number of nitrogens with one attached hydrogen (secondary N) is 1. The Labute approximate surface area is 87.5 Å². The lowest BCUT2D eigenvalue weighted by molar-refractivity contribution is 0.115. The molecule has 1 saturated heterocycles. The number of ether oxygens (including phenoxy) is 1. The zero-order valence-corrected chi connectivity index (χ0v) is 8.06. The van der Waals surface area contributed by atoms with E-state index >= 15 is 0 Å². The van der Waals surface area contributed by atoms with E-state index in [1.54, 1.807) is 12.1 Å². The maximum absolute atomic E-state index is 11.0. The first-order valence-corrected chi connectivity index (χ1v) is 4.73. The minimum Gasteiger partial charge on any atom is -0.449 e. The molecular weight excluding hydrogens is 192 g/mol. The van der Waals surface area contributed by atoms with Gasteiger partial charge in [-0.2, -0.15) is 5.26 Å². The van der Waals surface area contributed by atoms with Gasteiger partial charge in [-0.1, -0.05) is 12.1 Å². The molecule has 1 fully saturated rings. The Bertz CT molecular complexity index is 406. The molecule has 0 saturated carbocycles. The van der Waals surface area contributed by atoms with E-state index in [-0.39, 0.29) is 12.1 Å². The van der Waals surface area contributed by atoms with Crippen LogP contribution in [0.25, 0.3) is 0 Å². The van der Waals surface area contributed by atoms with Crippen LogP contribution in [0, 0.1) is 11.3 Å². The van der Waals surface area contributed by atoms with Crippen molar-refractivity contribution in [1.29, 1.82) is 5.26 Å². The summed E-state index contributed by atoms with van der Waals surface area (Å²) >= 11 is 0. The number of cyclic esters (lactones) is 1. The largest absolute Gasteiger partial charge is 0.449 e. The zero-order chi connectivity index (χ0) is 10.7. The summed E-state index contributed by atoms with van der Waals surface area (Å²) in [6, 6.07) is 9.26. The van der Waals surface area contributed by atoms with E-state index in [2.05, 4.69) is 11.4 Å². The maximum atomic E-state index is 11.0. The summed E-state index contributed by atoms with van der Waals surface area (Å²) in [5.41, 5.74) is 1.63. The molecule has 1 heterocycles. The number of carbonyl (C=O) groups is 1. The van der Waals surface area contributed by atoms with Gasteiger partial charge in [-0.3, -0.25) is 0 Å². The summed E-state index contributed by atoms with van der Waals surface area (Å²) in [4.78, 5) is 11.0. The molecule has 0 radical (unpaired) electrons. The number of nitrogens with zero attached hydrogens (tertiary/aromatic N) is 1. The first-order valence-electron chi connectivity index (χ1n) is 4.73.